The molecule has 0 aliphatic rings. The second kappa shape index (κ2) is 4.99. The van der Waals surface area contributed by atoms with Crippen molar-refractivity contribution in [3.63, 3.8) is 0 Å². The van der Waals surface area contributed by atoms with E-state index in [9.17, 15) is 9.90 Å². The maximum atomic E-state index is 10.5. The van der Waals surface area contributed by atoms with Gasteiger partial charge in [0.1, 0.15) is 0 Å². The van der Waals surface area contributed by atoms with E-state index in [4.69, 9.17) is 4.74 Å². The van der Waals surface area contributed by atoms with E-state index in [-0.39, 0.29) is 11.7 Å². The zero-order valence-electron chi connectivity index (χ0n) is 8.52. The van der Waals surface area contributed by atoms with Crippen molar-refractivity contribution in [3.05, 3.63) is 23.8 Å². The maximum absolute atomic E-state index is 10.5. The number of nitrogens with one attached hydrogen (secondary N) is 1. The number of benzene rings is 1. The highest BCUT2D eigenvalue weighted by Gasteiger charge is 2.04. The monoisotopic (exact) mass is 208 g/mol. The summed E-state index contributed by atoms with van der Waals surface area (Å²) in [5, 5.41) is 13.3. The van der Waals surface area contributed by atoms with Crippen molar-refractivity contribution in [2.45, 2.75) is 6.92 Å². The molecule has 1 aromatic carbocycles. The van der Waals surface area contributed by atoms with Crippen molar-refractivity contribution < 1.29 is 14.6 Å². The molecular formula is C10H12N2O3. The molecule has 5 nitrogen and oxygen atoms in total. The van der Waals surface area contributed by atoms with Gasteiger partial charge in [-0.15, -0.1) is 0 Å². The fraction of sp³-hybridized carbons (Fsp3) is 0.200. The van der Waals surface area contributed by atoms with E-state index in [1.165, 1.54) is 20.2 Å². The highest BCUT2D eigenvalue weighted by Crippen LogP contribution is 2.27. The van der Waals surface area contributed by atoms with Crippen LogP contribution >= 0.6 is 0 Å². The molecular weight excluding hydrogens is 196 g/mol. The van der Waals surface area contributed by atoms with Crippen LogP contribution in [0.4, 0.5) is 0 Å². The minimum Gasteiger partial charge on any atom is -0.504 e. The molecule has 1 rings (SSSR count). The van der Waals surface area contributed by atoms with Crippen LogP contribution in [0.2, 0.25) is 0 Å². The standard InChI is InChI=1S/C10H12N2O3/c1-7(13)12-11-6-8-4-3-5-9(15-2)10(8)14/h3-6,14H,1-2H3,(H,12,13)/b11-6+. The minimum absolute atomic E-state index is 0.00546. The first-order valence-corrected chi connectivity index (χ1v) is 4.30. The molecule has 0 spiro atoms. The zero-order valence-corrected chi connectivity index (χ0v) is 8.52. The summed E-state index contributed by atoms with van der Waals surface area (Å²) in [5.74, 6) is 0.0875. The number of methoxy groups -OCH3 is 1. The molecule has 0 fully saturated rings. The molecule has 0 aromatic heterocycles. The van der Waals surface area contributed by atoms with Crippen LogP contribution in [0.25, 0.3) is 0 Å². The average Bonchev–Trinajstić information content (AvgIpc) is 2.20. The first-order chi connectivity index (χ1) is 7.15. The van der Waals surface area contributed by atoms with Gasteiger partial charge in [0, 0.05) is 12.5 Å². The topological polar surface area (TPSA) is 70.9 Å². The Morgan fingerprint density at radius 1 is 1.60 bits per heavy atom. The molecule has 80 valence electrons. The molecule has 15 heavy (non-hydrogen) atoms. The Morgan fingerprint density at radius 3 is 2.93 bits per heavy atom. The molecule has 0 atom stereocenters. The van der Waals surface area contributed by atoms with Crippen LogP contribution in [0.1, 0.15) is 12.5 Å². The first-order valence-electron chi connectivity index (χ1n) is 4.30. The van der Waals surface area contributed by atoms with Crippen LogP contribution in [0.5, 0.6) is 11.5 Å². The number of para-hydroxylation sites is 1. The van der Waals surface area contributed by atoms with Crippen molar-refractivity contribution in [1.29, 1.82) is 0 Å². The number of rotatable bonds is 3. The summed E-state index contributed by atoms with van der Waals surface area (Å²) in [7, 11) is 1.46. The molecule has 0 saturated carbocycles. The van der Waals surface area contributed by atoms with E-state index >= 15 is 0 Å². The molecule has 0 heterocycles. The van der Waals surface area contributed by atoms with Gasteiger partial charge in [-0.3, -0.25) is 4.79 Å². The van der Waals surface area contributed by atoms with Gasteiger partial charge in [0.15, 0.2) is 11.5 Å². The van der Waals surface area contributed by atoms with Gasteiger partial charge in [0.05, 0.1) is 13.3 Å². The van der Waals surface area contributed by atoms with E-state index < -0.39 is 0 Å². The van der Waals surface area contributed by atoms with Crippen molar-refractivity contribution >= 4 is 12.1 Å². The Morgan fingerprint density at radius 2 is 2.33 bits per heavy atom. The van der Waals surface area contributed by atoms with Crippen molar-refractivity contribution in [2.75, 3.05) is 7.11 Å². The number of phenolic OH excluding ortho intramolecular Hbond substituents is 1. The number of ether oxygens (including phenoxy) is 1. The zero-order chi connectivity index (χ0) is 11.3. The molecule has 0 saturated heterocycles. The third-order valence-electron chi connectivity index (χ3n) is 1.68. The largest absolute Gasteiger partial charge is 0.504 e. The number of carbonyl (C=O) groups is 1. The predicted octanol–water partition coefficient (Wildman–Crippen LogP) is 0.871. The van der Waals surface area contributed by atoms with Gasteiger partial charge in [-0.25, -0.2) is 5.43 Å². The Labute approximate surface area is 87.4 Å². The van der Waals surface area contributed by atoms with Gasteiger partial charge in [0.25, 0.3) is 0 Å². The molecule has 2 N–H and O–H groups in total. The third kappa shape index (κ3) is 2.98. The third-order valence-corrected chi connectivity index (χ3v) is 1.68. The Kier molecular flexibility index (Phi) is 3.68. The van der Waals surface area contributed by atoms with E-state index in [1.807, 2.05) is 0 Å². The van der Waals surface area contributed by atoms with Gasteiger partial charge in [-0.2, -0.15) is 5.10 Å². The van der Waals surface area contributed by atoms with Gasteiger partial charge in [-0.1, -0.05) is 6.07 Å². The number of nitrogens with zero attached hydrogens (tertiary/aromatic N) is 1. The highest BCUT2D eigenvalue weighted by molar-refractivity contribution is 5.85. The van der Waals surface area contributed by atoms with Gasteiger partial charge in [-0.05, 0) is 12.1 Å². The smallest absolute Gasteiger partial charge is 0.236 e. The fourth-order valence-electron chi connectivity index (χ4n) is 1.00. The van der Waals surface area contributed by atoms with Crippen molar-refractivity contribution in [1.82, 2.24) is 5.43 Å². The highest BCUT2D eigenvalue weighted by atomic mass is 16.5. The van der Waals surface area contributed by atoms with Gasteiger partial charge < -0.3 is 9.84 Å². The summed E-state index contributed by atoms with van der Waals surface area (Å²) < 4.78 is 4.91. The molecule has 0 unspecified atom stereocenters. The number of hydrogen-bond acceptors (Lipinski definition) is 4. The summed E-state index contributed by atoms with van der Waals surface area (Å²) >= 11 is 0. The first kappa shape index (κ1) is 11.0. The molecule has 0 aliphatic carbocycles. The van der Waals surface area contributed by atoms with Crippen LogP contribution in [-0.2, 0) is 4.79 Å². The van der Waals surface area contributed by atoms with Gasteiger partial charge in [0.2, 0.25) is 5.91 Å². The number of phenols is 1. The van der Waals surface area contributed by atoms with E-state index in [1.54, 1.807) is 18.2 Å². The molecule has 0 bridgehead atoms. The summed E-state index contributed by atoms with van der Waals surface area (Å²) in [5.41, 5.74) is 2.71. The summed E-state index contributed by atoms with van der Waals surface area (Å²) in [4.78, 5) is 10.5. The minimum atomic E-state index is -0.270. The number of amides is 1. The Hall–Kier alpha value is -2.04. The van der Waals surface area contributed by atoms with Gasteiger partial charge >= 0.3 is 0 Å². The molecule has 0 aliphatic heterocycles. The number of aromatic hydroxyl groups is 1. The number of hydrogen-bond donors (Lipinski definition) is 2. The normalized spacial score (nSPS) is 10.3. The lowest BCUT2D eigenvalue weighted by Gasteiger charge is -2.04. The lowest BCUT2D eigenvalue weighted by Crippen LogP contribution is -2.12. The van der Waals surface area contributed by atoms with Crippen LogP contribution in [-0.4, -0.2) is 24.3 Å². The second-order valence-electron chi connectivity index (χ2n) is 2.82. The quantitative estimate of drug-likeness (QED) is 0.572. The van der Waals surface area contributed by atoms with Crippen LogP contribution in [0, 0.1) is 0 Å². The maximum Gasteiger partial charge on any atom is 0.236 e. The average molecular weight is 208 g/mol. The molecule has 1 amide bonds. The van der Waals surface area contributed by atoms with Crippen molar-refractivity contribution in [3.8, 4) is 11.5 Å². The Balaban J connectivity index is 2.85. The van der Waals surface area contributed by atoms with E-state index in [0.717, 1.165) is 0 Å². The lowest BCUT2D eigenvalue weighted by molar-refractivity contribution is -0.118. The Bertz CT molecular complexity index is 388. The molecule has 0 radical (unpaired) electrons. The van der Waals surface area contributed by atoms with Crippen LogP contribution < -0.4 is 10.2 Å². The molecule has 5 heteroatoms. The summed E-state index contributed by atoms with van der Waals surface area (Å²) in [6.45, 7) is 1.35. The number of carbonyl (C=O) groups excluding carboxylic acids is 1. The lowest BCUT2D eigenvalue weighted by atomic mass is 10.2. The SMILES string of the molecule is COc1cccc(/C=N/NC(C)=O)c1O. The van der Waals surface area contributed by atoms with E-state index in [0.29, 0.717) is 11.3 Å². The predicted molar refractivity (Wildman–Crippen MR) is 56.1 cm³/mol. The number of hydrazone groups is 1. The van der Waals surface area contributed by atoms with Crippen LogP contribution in [0.15, 0.2) is 23.3 Å². The fourth-order valence-corrected chi connectivity index (χ4v) is 1.00. The van der Waals surface area contributed by atoms with E-state index in [2.05, 4.69) is 10.5 Å². The molecule has 1 aromatic rings. The summed E-state index contributed by atoms with van der Waals surface area (Å²) in [6, 6.07) is 5.00. The van der Waals surface area contributed by atoms with Crippen molar-refractivity contribution in [2.24, 2.45) is 5.10 Å². The summed E-state index contributed by atoms with van der Waals surface area (Å²) in [6.07, 6.45) is 1.35. The second-order valence-corrected chi connectivity index (χ2v) is 2.82. The van der Waals surface area contributed by atoms with Crippen LogP contribution in [0.3, 0.4) is 0 Å².